The molecule has 2 aromatic heterocycles. The molecule has 168 valence electrons. The number of carboxylic acid groups (broad SMARTS) is 2. The molecule has 32 heavy (non-hydrogen) atoms. The van der Waals surface area contributed by atoms with Gasteiger partial charge in [-0.05, 0) is 29.8 Å². The van der Waals surface area contributed by atoms with Gasteiger partial charge in [0, 0.05) is 68.8 Å². The smallest absolute Gasteiger partial charge is 0.325 e. The van der Waals surface area contributed by atoms with Crippen LogP contribution in [-0.4, -0.2) is 67.7 Å². The van der Waals surface area contributed by atoms with E-state index < -0.39 is 23.8 Å². The van der Waals surface area contributed by atoms with Crippen molar-refractivity contribution < 1.29 is 24.2 Å². The zero-order valence-electron chi connectivity index (χ0n) is 17.5. The topological polar surface area (TPSA) is 98.9 Å². The Morgan fingerprint density at radius 2 is 1.91 bits per heavy atom. The van der Waals surface area contributed by atoms with Gasteiger partial charge in [-0.2, -0.15) is 0 Å². The first kappa shape index (κ1) is 21.9. The highest BCUT2D eigenvalue weighted by molar-refractivity contribution is 5.90. The molecule has 4 rings (SSSR count). The van der Waals surface area contributed by atoms with E-state index in [-0.39, 0.29) is 13.0 Å². The van der Waals surface area contributed by atoms with Crippen molar-refractivity contribution in [3.63, 3.8) is 0 Å². The molecule has 1 saturated heterocycles. The minimum atomic E-state index is -0.979. The van der Waals surface area contributed by atoms with Gasteiger partial charge in [0.1, 0.15) is 11.9 Å². The van der Waals surface area contributed by atoms with E-state index in [4.69, 9.17) is 5.11 Å². The number of carboxylic acids is 2. The average molecular weight is 440 g/mol. The number of aliphatic carboxylic acids is 2. The van der Waals surface area contributed by atoms with Gasteiger partial charge in [0.15, 0.2) is 0 Å². The Labute approximate surface area is 184 Å². The van der Waals surface area contributed by atoms with Gasteiger partial charge in [0.2, 0.25) is 0 Å². The van der Waals surface area contributed by atoms with Gasteiger partial charge < -0.3 is 14.8 Å². The third-order valence-electron chi connectivity index (χ3n) is 5.87. The van der Waals surface area contributed by atoms with Crippen LogP contribution in [0, 0.1) is 5.82 Å². The maximum Gasteiger partial charge on any atom is 0.325 e. The van der Waals surface area contributed by atoms with Crippen LogP contribution in [0.25, 0.3) is 10.9 Å². The monoisotopic (exact) mass is 440 g/mol. The molecular weight excluding hydrogens is 415 g/mol. The number of fused-ring (bicyclic) bond motifs is 1. The van der Waals surface area contributed by atoms with Crippen molar-refractivity contribution >= 4 is 22.8 Å². The highest BCUT2D eigenvalue weighted by atomic mass is 19.1. The SMILES string of the molecule is O=C(O)CCn1cc([C@H](C(=O)O)N2CCN(Cc3cccnc3)CC2)c2ccc(F)cc21. The zero-order chi connectivity index (χ0) is 22.7. The molecule has 1 atom stereocenters. The van der Waals surface area contributed by atoms with Crippen LogP contribution in [0.5, 0.6) is 0 Å². The Bertz CT molecular complexity index is 1110. The Morgan fingerprint density at radius 3 is 2.56 bits per heavy atom. The fourth-order valence-corrected chi connectivity index (χ4v) is 4.33. The first-order valence-electron chi connectivity index (χ1n) is 10.5. The lowest BCUT2D eigenvalue weighted by molar-refractivity contribution is -0.144. The summed E-state index contributed by atoms with van der Waals surface area (Å²) in [4.78, 5) is 31.7. The van der Waals surface area contributed by atoms with Gasteiger partial charge in [0.05, 0.1) is 11.9 Å². The number of hydrogen-bond donors (Lipinski definition) is 2. The summed E-state index contributed by atoms with van der Waals surface area (Å²) in [5.74, 6) is -2.40. The average Bonchev–Trinajstić information content (AvgIpc) is 3.11. The molecule has 0 radical (unpaired) electrons. The van der Waals surface area contributed by atoms with E-state index in [1.54, 1.807) is 23.0 Å². The van der Waals surface area contributed by atoms with Gasteiger partial charge in [-0.3, -0.25) is 24.4 Å². The summed E-state index contributed by atoms with van der Waals surface area (Å²) in [6.45, 7) is 3.46. The largest absolute Gasteiger partial charge is 0.481 e. The molecule has 8 nitrogen and oxygen atoms in total. The summed E-state index contributed by atoms with van der Waals surface area (Å²) in [5.41, 5.74) is 2.17. The standard InChI is InChI=1S/C23H25FN4O4/c24-17-3-4-18-19(15-28(20(18)12-17)7-5-21(29)30)22(23(31)32)27-10-8-26(9-11-27)14-16-2-1-6-25-13-16/h1-4,6,12-13,15,22H,5,7-11,14H2,(H,29,30)(H,31,32)/t22-/m1/s1. The molecule has 1 aliphatic rings. The third kappa shape index (κ3) is 4.79. The van der Waals surface area contributed by atoms with Crippen LogP contribution in [0.2, 0.25) is 0 Å². The van der Waals surface area contributed by atoms with Gasteiger partial charge in [-0.1, -0.05) is 6.07 Å². The number of piperazine rings is 1. The van der Waals surface area contributed by atoms with E-state index in [2.05, 4.69) is 9.88 Å². The molecule has 1 aromatic carbocycles. The van der Waals surface area contributed by atoms with Crippen molar-refractivity contribution in [3.8, 4) is 0 Å². The lowest BCUT2D eigenvalue weighted by atomic mass is 10.0. The minimum Gasteiger partial charge on any atom is -0.481 e. The van der Waals surface area contributed by atoms with Crippen LogP contribution in [0.1, 0.15) is 23.6 Å². The molecule has 9 heteroatoms. The van der Waals surface area contributed by atoms with Crippen molar-refractivity contribution in [1.29, 1.82) is 0 Å². The van der Waals surface area contributed by atoms with E-state index in [0.29, 0.717) is 42.6 Å². The number of benzene rings is 1. The Morgan fingerprint density at radius 1 is 1.12 bits per heavy atom. The van der Waals surface area contributed by atoms with Crippen LogP contribution in [0.4, 0.5) is 4.39 Å². The van der Waals surface area contributed by atoms with E-state index >= 15 is 0 Å². The molecule has 2 N–H and O–H groups in total. The number of hydrogen-bond acceptors (Lipinski definition) is 5. The maximum absolute atomic E-state index is 13.9. The predicted molar refractivity (Wildman–Crippen MR) is 116 cm³/mol. The third-order valence-corrected chi connectivity index (χ3v) is 5.87. The number of carbonyl (C=O) groups is 2. The van der Waals surface area contributed by atoms with Crippen LogP contribution in [0.3, 0.4) is 0 Å². The van der Waals surface area contributed by atoms with Crippen molar-refractivity contribution in [3.05, 3.63) is 65.9 Å². The molecule has 0 aliphatic carbocycles. The number of aromatic nitrogens is 2. The van der Waals surface area contributed by atoms with Gasteiger partial charge in [-0.25, -0.2) is 4.39 Å². The first-order valence-corrected chi connectivity index (χ1v) is 10.5. The highest BCUT2D eigenvalue weighted by Gasteiger charge is 2.32. The Hall–Kier alpha value is -3.30. The quantitative estimate of drug-likeness (QED) is 0.556. The second kappa shape index (κ2) is 9.46. The molecule has 0 unspecified atom stereocenters. The van der Waals surface area contributed by atoms with Crippen LogP contribution in [0.15, 0.2) is 48.9 Å². The van der Waals surface area contributed by atoms with E-state index in [1.165, 1.54) is 12.1 Å². The van der Waals surface area contributed by atoms with E-state index in [9.17, 15) is 19.1 Å². The lowest BCUT2D eigenvalue weighted by Gasteiger charge is -2.37. The van der Waals surface area contributed by atoms with Gasteiger partial charge in [-0.15, -0.1) is 0 Å². The summed E-state index contributed by atoms with van der Waals surface area (Å²) in [7, 11) is 0. The van der Waals surface area contributed by atoms with Crippen molar-refractivity contribution in [1.82, 2.24) is 19.4 Å². The molecule has 3 aromatic rings. The maximum atomic E-state index is 13.9. The van der Waals surface area contributed by atoms with Gasteiger partial charge in [0.25, 0.3) is 0 Å². The summed E-state index contributed by atoms with van der Waals surface area (Å²) < 4.78 is 15.5. The summed E-state index contributed by atoms with van der Waals surface area (Å²) in [6.07, 6.45) is 5.09. The summed E-state index contributed by atoms with van der Waals surface area (Å²) in [6, 6.07) is 7.23. The Kier molecular flexibility index (Phi) is 6.48. The van der Waals surface area contributed by atoms with Crippen LogP contribution >= 0.6 is 0 Å². The number of aryl methyl sites for hydroxylation is 1. The second-order valence-electron chi connectivity index (χ2n) is 8.00. The fourth-order valence-electron chi connectivity index (χ4n) is 4.33. The summed E-state index contributed by atoms with van der Waals surface area (Å²) in [5, 5.41) is 19.7. The van der Waals surface area contributed by atoms with Crippen molar-refractivity contribution in [2.75, 3.05) is 26.2 Å². The molecule has 0 amide bonds. The lowest BCUT2D eigenvalue weighted by Crippen LogP contribution is -2.48. The zero-order valence-corrected chi connectivity index (χ0v) is 17.5. The van der Waals surface area contributed by atoms with Crippen molar-refractivity contribution in [2.24, 2.45) is 0 Å². The van der Waals surface area contributed by atoms with Crippen LogP contribution in [-0.2, 0) is 22.7 Å². The molecular formula is C23H25FN4O4. The second-order valence-corrected chi connectivity index (χ2v) is 8.00. The van der Waals surface area contributed by atoms with Crippen molar-refractivity contribution in [2.45, 2.75) is 25.6 Å². The number of rotatable bonds is 8. The Balaban J connectivity index is 1.56. The van der Waals surface area contributed by atoms with Gasteiger partial charge >= 0.3 is 11.9 Å². The minimum absolute atomic E-state index is 0.134. The molecule has 0 saturated carbocycles. The van der Waals surface area contributed by atoms with Crippen LogP contribution < -0.4 is 0 Å². The molecule has 0 bridgehead atoms. The number of halogens is 1. The normalized spacial score (nSPS) is 16.3. The molecule has 0 spiro atoms. The fraction of sp³-hybridized carbons (Fsp3) is 0.348. The number of pyridine rings is 1. The first-order chi connectivity index (χ1) is 15.4. The molecule has 3 heterocycles. The highest BCUT2D eigenvalue weighted by Crippen LogP contribution is 2.32. The molecule has 1 aliphatic heterocycles. The molecule has 1 fully saturated rings. The summed E-state index contributed by atoms with van der Waals surface area (Å²) >= 11 is 0. The van der Waals surface area contributed by atoms with E-state index in [0.717, 1.165) is 12.1 Å². The predicted octanol–water partition coefficient (Wildman–Crippen LogP) is 2.59. The number of nitrogens with zero attached hydrogens (tertiary/aromatic N) is 4. The van der Waals surface area contributed by atoms with E-state index in [1.807, 2.05) is 23.2 Å².